The maximum atomic E-state index is 13.3. The lowest BCUT2D eigenvalue weighted by atomic mass is 10.2. The van der Waals surface area contributed by atoms with Gasteiger partial charge in [-0.1, -0.05) is 33.3 Å². The Labute approximate surface area is 121 Å². The highest BCUT2D eigenvalue weighted by atomic mass is 127. The van der Waals surface area contributed by atoms with Gasteiger partial charge in [0.1, 0.15) is 5.82 Å². The van der Waals surface area contributed by atoms with Crippen LogP contribution in [0.4, 0.5) is 4.39 Å². The minimum Gasteiger partial charge on any atom is -0.248 e. The van der Waals surface area contributed by atoms with E-state index in [-0.39, 0.29) is 5.82 Å². The molecule has 0 saturated carbocycles. The van der Waals surface area contributed by atoms with Gasteiger partial charge < -0.3 is 0 Å². The van der Waals surface area contributed by atoms with E-state index in [9.17, 15) is 4.39 Å². The third-order valence-electron chi connectivity index (χ3n) is 2.30. The molecule has 6 heteroatoms. The molecule has 0 unspecified atom stereocenters. The molecule has 0 bridgehead atoms. The molecule has 1 aromatic heterocycles. The van der Waals surface area contributed by atoms with Gasteiger partial charge in [-0.15, -0.1) is 5.10 Å². The second kappa shape index (κ2) is 5.90. The highest BCUT2D eigenvalue weighted by Gasteiger charge is 2.07. The molecule has 3 nitrogen and oxygen atoms in total. The first kappa shape index (κ1) is 12.9. The molecule has 17 heavy (non-hydrogen) atoms. The lowest BCUT2D eigenvalue weighted by Crippen LogP contribution is -2.03. The normalized spacial score (nSPS) is 10.8. The molecule has 0 amide bonds. The SMILES string of the molecule is Fc1cccc(Cn2cc(CCBr)nn2)c1I. The Hall–Kier alpha value is -0.500. The molecule has 0 aliphatic heterocycles. The predicted octanol–water partition coefficient (Wildman–Crippen LogP) is 3.01. The molecule has 1 aromatic carbocycles. The van der Waals surface area contributed by atoms with Gasteiger partial charge in [-0.3, -0.25) is 0 Å². The van der Waals surface area contributed by atoms with Crippen LogP contribution in [0, 0.1) is 9.39 Å². The Morgan fingerprint density at radius 1 is 1.41 bits per heavy atom. The van der Waals surface area contributed by atoms with Gasteiger partial charge in [0.05, 0.1) is 15.8 Å². The van der Waals surface area contributed by atoms with Gasteiger partial charge in [-0.25, -0.2) is 9.07 Å². The van der Waals surface area contributed by atoms with Crippen molar-refractivity contribution in [1.82, 2.24) is 15.0 Å². The smallest absolute Gasteiger partial charge is 0.136 e. The van der Waals surface area contributed by atoms with Gasteiger partial charge in [-0.2, -0.15) is 0 Å². The van der Waals surface area contributed by atoms with Crippen molar-refractivity contribution in [2.45, 2.75) is 13.0 Å². The molecule has 0 aliphatic carbocycles. The van der Waals surface area contributed by atoms with Crippen molar-refractivity contribution in [3.8, 4) is 0 Å². The predicted molar refractivity (Wildman–Crippen MR) is 75.7 cm³/mol. The van der Waals surface area contributed by atoms with Crippen molar-refractivity contribution in [3.05, 3.63) is 45.0 Å². The van der Waals surface area contributed by atoms with E-state index in [1.807, 2.05) is 34.9 Å². The molecule has 0 aliphatic rings. The summed E-state index contributed by atoms with van der Waals surface area (Å²) in [5.41, 5.74) is 1.86. The van der Waals surface area contributed by atoms with Crippen LogP contribution in [0.2, 0.25) is 0 Å². The van der Waals surface area contributed by atoms with E-state index in [2.05, 4.69) is 26.2 Å². The Bertz CT molecular complexity index is 515. The fourth-order valence-electron chi connectivity index (χ4n) is 1.47. The molecular weight excluding hydrogens is 400 g/mol. The van der Waals surface area contributed by atoms with E-state index >= 15 is 0 Å². The molecule has 0 radical (unpaired) electrons. The third-order valence-corrected chi connectivity index (χ3v) is 3.91. The Morgan fingerprint density at radius 3 is 3.00 bits per heavy atom. The van der Waals surface area contributed by atoms with Crippen LogP contribution in [0.5, 0.6) is 0 Å². The zero-order chi connectivity index (χ0) is 12.3. The van der Waals surface area contributed by atoms with Gasteiger partial charge in [0, 0.05) is 17.9 Å². The summed E-state index contributed by atoms with van der Waals surface area (Å²) in [5.74, 6) is -0.191. The molecule has 1 heterocycles. The van der Waals surface area contributed by atoms with Crippen molar-refractivity contribution >= 4 is 38.5 Å². The molecular formula is C11H10BrFIN3. The largest absolute Gasteiger partial charge is 0.248 e. The van der Waals surface area contributed by atoms with E-state index < -0.39 is 0 Å². The second-order valence-electron chi connectivity index (χ2n) is 3.56. The summed E-state index contributed by atoms with van der Waals surface area (Å²) in [6.07, 6.45) is 2.74. The lowest BCUT2D eigenvalue weighted by Gasteiger charge is -2.04. The first-order valence-electron chi connectivity index (χ1n) is 5.08. The summed E-state index contributed by atoms with van der Waals surface area (Å²) in [5, 5.41) is 8.93. The first-order chi connectivity index (χ1) is 8.20. The second-order valence-corrected chi connectivity index (χ2v) is 5.43. The maximum absolute atomic E-state index is 13.3. The fourth-order valence-corrected chi connectivity index (χ4v) is 2.41. The summed E-state index contributed by atoms with van der Waals surface area (Å²) in [6, 6.07) is 5.07. The number of nitrogens with zero attached hydrogens (tertiary/aromatic N) is 3. The molecule has 0 saturated heterocycles. The van der Waals surface area contributed by atoms with Gasteiger partial charge >= 0.3 is 0 Å². The minimum atomic E-state index is -0.191. The average molecular weight is 410 g/mol. The number of alkyl halides is 1. The summed E-state index contributed by atoms with van der Waals surface area (Å²) in [4.78, 5) is 0. The summed E-state index contributed by atoms with van der Waals surface area (Å²) in [7, 11) is 0. The quantitative estimate of drug-likeness (QED) is 0.574. The van der Waals surface area contributed by atoms with Crippen LogP contribution in [-0.2, 0) is 13.0 Å². The van der Waals surface area contributed by atoms with Crippen LogP contribution in [-0.4, -0.2) is 20.3 Å². The van der Waals surface area contributed by atoms with Crippen molar-refractivity contribution in [3.63, 3.8) is 0 Å². The van der Waals surface area contributed by atoms with Crippen molar-refractivity contribution in [2.75, 3.05) is 5.33 Å². The molecule has 0 fully saturated rings. The zero-order valence-electron chi connectivity index (χ0n) is 8.91. The summed E-state index contributed by atoms with van der Waals surface area (Å²) < 4.78 is 15.7. The summed E-state index contributed by atoms with van der Waals surface area (Å²) >= 11 is 5.37. The topological polar surface area (TPSA) is 30.7 Å². The number of hydrogen-bond acceptors (Lipinski definition) is 2. The lowest BCUT2D eigenvalue weighted by molar-refractivity contribution is 0.605. The highest BCUT2D eigenvalue weighted by molar-refractivity contribution is 14.1. The zero-order valence-corrected chi connectivity index (χ0v) is 12.6. The highest BCUT2D eigenvalue weighted by Crippen LogP contribution is 2.16. The number of aromatic nitrogens is 3. The van der Waals surface area contributed by atoms with E-state index in [1.54, 1.807) is 10.7 Å². The van der Waals surface area contributed by atoms with Crippen LogP contribution >= 0.6 is 38.5 Å². The van der Waals surface area contributed by atoms with Crippen LogP contribution in [0.1, 0.15) is 11.3 Å². The van der Waals surface area contributed by atoms with E-state index in [0.29, 0.717) is 10.1 Å². The molecule has 0 spiro atoms. The minimum absolute atomic E-state index is 0.191. The van der Waals surface area contributed by atoms with Gasteiger partial charge in [0.25, 0.3) is 0 Å². The molecule has 0 N–H and O–H groups in total. The Kier molecular flexibility index (Phi) is 4.49. The number of rotatable bonds is 4. The van der Waals surface area contributed by atoms with E-state index in [0.717, 1.165) is 23.0 Å². The monoisotopic (exact) mass is 409 g/mol. The van der Waals surface area contributed by atoms with Gasteiger partial charge in [0.15, 0.2) is 0 Å². The number of aryl methyl sites for hydroxylation is 1. The van der Waals surface area contributed by atoms with Crippen molar-refractivity contribution in [2.24, 2.45) is 0 Å². The molecule has 2 rings (SSSR count). The fraction of sp³-hybridized carbons (Fsp3) is 0.273. The molecule has 90 valence electrons. The number of halogens is 3. The first-order valence-corrected chi connectivity index (χ1v) is 7.28. The van der Waals surface area contributed by atoms with Crippen molar-refractivity contribution < 1.29 is 4.39 Å². The van der Waals surface area contributed by atoms with Crippen LogP contribution in [0.15, 0.2) is 24.4 Å². The van der Waals surface area contributed by atoms with Crippen LogP contribution in [0.3, 0.4) is 0 Å². The van der Waals surface area contributed by atoms with E-state index in [4.69, 9.17) is 0 Å². The number of benzene rings is 1. The standard InChI is InChI=1S/C11H10BrFIN3/c12-5-4-9-7-17(16-15-9)6-8-2-1-3-10(13)11(8)14/h1-3,7H,4-6H2. The van der Waals surface area contributed by atoms with Crippen molar-refractivity contribution in [1.29, 1.82) is 0 Å². The molecule has 2 aromatic rings. The Morgan fingerprint density at radius 2 is 2.24 bits per heavy atom. The summed E-state index contributed by atoms with van der Waals surface area (Å²) in [6.45, 7) is 0.547. The van der Waals surface area contributed by atoms with Gasteiger partial charge in [-0.05, 0) is 34.2 Å². The average Bonchev–Trinajstić information content (AvgIpc) is 2.73. The third kappa shape index (κ3) is 3.25. The Balaban J connectivity index is 2.16. The maximum Gasteiger partial charge on any atom is 0.136 e. The molecule has 0 atom stereocenters. The van der Waals surface area contributed by atoms with E-state index in [1.165, 1.54) is 6.07 Å². The van der Waals surface area contributed by atoms with Crippen LogP contribution < -0.4 is 0 Å². The van der Waals surface area contributed by atoms with Gasteiger partial charge in [0.2, 0.25) is 0 Å². The number of hydrogen-bond donors (Lipinski definition) is 0. The van der Waals surface area contributed by atoms with Crippen LogP contribution in [0.25, 0.3) is 0 Å².